The van der Waals surface area contributed by atoms with Crippen LogP contribution < -0.4 is 0 Å². The van der Waals surface area contributed by atoms with Crippen LogP contribution in [0.25, 0.3) is 0 Å². The Morgan fingerprint density at radius 3 is 1.59 bits per heavy atom. The topological polar surface area (TPSA) is 17.1 Å². The highest BCUT2D eigenvalue weighted by Gasteiger charge is 2.07. The van der Waals surface area contributed by atoms with Gasteiger partial charge in [-0.05, 0) is 12.8 Å². The minimum atomic E-state index is 0.385. The van der Waals surface area contributed by atoms with Crippen molar-refractivity contribution in [2.45, 2.75) is 96.6 Å². The van der Waals surface area contributed by atoms with Crippen molar-refractivity contribution in [2.75, 3.05) is 0 Å². The van der Waals surface area contributed by atoms with E-state index in [-0.39, 0.29) is 0 Å². The summed E-state index contributed by atoms with van der Waals surface area (Å²) in [5.74, 6) is 0. The molecule has 0 aliphatic rings. The molecule has 17 heavy (non-hydrogen) atoms. The van der Waals surface area contributed by atoms with Crippen LogP contribution >= 0.6 is 8.46 Å². The summed E-state index contributed by atoms with van der Waals surface area (Å²) in [7, 11) is 0.385. The Morgan fingerprint density at radius 1 is 0.706 bits per heavy atom. The van der Waals surface area contributed by atoms with E-state index in [4.69, 9.17) is 0 Å². The van der Waals surface area contributed by atoms with Crippen LogP contribution in [0.1, 0.15) is 90.9 Å². The molecule has 1 atom stereocenters. The van der Waals surface area contributed by atoms with Crippen molar-refractivity contribution in [3.63, 3.8) is 0 Å². The van der Waals surface area contributed by atoms with E-state index >= 15 is 0 Å². The van der Waals surface area contributed by atoms with Crippen LogP contribution in [0.2, 0.25) is 0 Å². The van der Waals surface area contributed by atoms with Crippen molar-refractivity contribution in [3.05, 3.63) is 0 Å². The Morgan fingerprint density at radius 2 is 1.12 bits per heavy atom. The van der Waals surface area contributed by atoms with E-state index in [0.29, 0.717) is 14.1 Å². The van der Waals surface area contributed by atoms with Crippen molar-refractivity contribution in [3.8, 4) is 0 Å². The van der Waals surface area contributed by atoms with Gasteiger partial charge >= 0.3 is 0 Å². The van der Waals surface area contributed by atoms with Crippen molar-refractivity contribution >= 4 is 8.46 Å². The predicted molar refractivity (Wildman–Crippen MR) is 78.1 cm³/mol. The molecule has 0 spiro atoms. The fourth-order valence-electron chi connectivity index (χ4n) is 2.22. The molecule has 0 aromatic carbocycles. The zero-order chi connectivity index (χ0) is 12.8. The quantitative estimate of drug-likeness (QED) is 0.277. The van der Waals surface area contributed by atoms with Gasteiger partial charge in [-0.25, -0.2) is 0 Å². The first kappa shape index (κ1) is 17.1. The first-order valence-electron chi connectivity index (χ1n) is 7.67. The molecule has 0 heterocycles. The number of rotatable bonds is 13. The van der Waals surface area contributed by atoms with Crippen LogP contribution in [0.15, 0.2) is 0 Å². The lowest BCUT2D eigenvalue weighted by Gasteiger charge is -2.08. The lowest BCUT2D eigenvalue weighted by Crippen LogP contribution is -1.98. The van der Waals surface area contributed by atoms with Gasteiger partial charge in [0, 0.05) is 5.66 Å². The molecule has 0 radical (unpaired) electrons. The average Bonchev–Trinajstić information content (AvgIpc) is 2.36. The fraction of sp³-hybridized carbons (Fsp3) is 1.00. The molecular weight excluding hydrogens is 227 g/mol. The summed E-state index contributed by atoms with van der Waals surface area (Å²) in [6.07, 6.45) is 15.6. The van der Waals surface area contributed by atoms with Gasteiger partial charge in [0.05, 0.1) is 0 Å². The number of hydrogen-bond acceptors (Lipinski definition) is 1. The molecular formula is C15H31OP. The summed E-state index contributed by atoms with van der Waals surface area (Å²) in [5.41, 5.74) is 0.443. The zero-order valence-electron chi connectivity index (χ0n) is 11.9. The largest absolute Gasteiger partial charge is 0.275 e. The maximum atomic E-state index is 11.0. The summed E-state index contributed by atoms with van der Waals surface area (Å²) in [6, 6.07) is 0. The number of unbranched alkanes of at least 4 members (excludes halogenated alkanes) is 8. The molecule has 0 fully saturated rings. The fourth-order valence-corrected chi connectivity index (χ4v) is 2.79. The lowest BCUT2D eigenvalue weighted by molar-refractivity contribution is 0.531. The van der Waals surface area contributed by atoms with Gasteiger partial charge in [-0.15, -0.1) is 0 Å². The Labute approximate surface area is 110 Å². The van der Waals surface area contributed by atoms with Gasteiger partial charge in [-0.3, -0.25) is 4.57 Å². The third-order valence-electron chi connectivity index (χ3n) is 3.43. The number of hydrogen-bond donors (Lipinski definition) is 0. The van der Waals surface area contributed by atoms with E-state index in [2.05, 4.69) is 13.8 Å². The van der Waals surface area contributed by atoms with Crippen LogP contribution in [-0.2, 0) is 4.57 Å². The minimum absolute atomic E-state index is 0.385. The molecule has 0 amide bonds. The molecule has 0 saturated heterocycles. The van der Waals surface area contributed by atoms with Gasteiger partial charge in [0.2, 0.25) is 0 Å². The van der Waals surface area contributed by atoms with Crippen LogP contribution in [-0.4, -0.2) is 5.66 Å². The highest BCUT2D eigenvalue weighted by molar-refractivity contribution is 7.24. The van der Waals surface area contributed by atoms with Gasteiger partial charge in [-0.1, -0.05) is 78.1 Å². The molecule has 0 rings (SSSR count). The molecule has 2 heteroatoms. The Bertz CT molecular complexity index is 159. The van der Waals surface area contributed by atoms with E-state index < -0.39 is 0 Å². The van der Waals surface area contributed by atoms with Gasteiger partial charge in [-0.2, -0.15) is 0 Å². The standard InChI is InChI=1S/C15H31OP/c1-3-5-7-9-10-12-14-15(17-16)13-11-8-6-4-2/h15H,3-14H2,1-2H3. The van der Waals surface area contributed by atoms with Crippen molar-refractivity contribution in [1.82, 2.24) is 0 Å². The van der Waals surface area contributed by atoms with Gasteiger partial charge in [0.25, 0.3) is 0 Å². The van der Waals surface area contributed by atoms with E-state index in [1.165, 1.54) is 77.0 Å². The van der Waals surface area contributed by atoms with E-state index in [1.54, 1.807) is 0 Å². The highest BCUT2D eigenvalue weighted by atomic mass is 31.1. The van der Waals surface area contributed by atoms with E-state index in [1.807, 2.05) is 0 Å². The maximum Gasteiger partial charge on any atom is 0.158 e. The second-order valence-corrected chi connectivity index (χ2v) is 6.11. The molecule has 1 unspecified atom stereocenters. The summed E-state index contributed by atoms with van der Waals surface area (Å²) < 4.78 is 11.0. The van der Waals surface area contributed by atoms with Crippen LogP contribution in [0.3, 0.4) is 0 Å². The van der Waals surface area contributed by atoms with Gasteiger partial charge in [0.15, 0.2) is 8.46 Å². The monoisotopic (exact) mass is 258 g/mol. The average molecular weight is 258 g/mol. The van der Waals surface area contributed by atoms with Crippen LogP contribution in [0.5, 0.6) is 0 Å². The van der Waals surface area contributed by atoms with Crippen molar-refractivity contribution in [2.24, 2.45) is 0 Å². The molecule has 0 aliphatic carbocycles. The molecule has 0 aromatic rings. The summed E-state index contributed by atoms with van der Waals surface area (Å²) in [4.78, 5) is 0. The Hall–Kier alpha value is 0.100. The highest BCUT2D eigenvalue weighted by Crippen LogP contribution is 2.22. The van der Waals surface area contributed by atoms with Crippen LogP contribution in [0, 0.1) is 0 Å². The Balaban J connectivity index is 3.32. The van der Waals surface area contributed by atoms with Gasteiger partial charge < -0.3 is 0 Å². The third kappa shape index (κ3) is 12.3. The summed E-state index contributed by atoms with van der Waals surface area (Å²) in [5, 5.41) is 0. The SMILES string of the molecule is CCCCCCCCC(CCCCCC)P=O. The molecule has 0 N–H and O–H groups in total. The summed E-state index contributed by atoms with van der Waals surface area (Å²) in [6.45, 7) is 4.49. The molecule has 0 aliphatic heterocycles. The molecule has 0 aromatic heterocycles. The Kier molecular flexibility index (Phi) is 14.2. The first-order chi connectivity index (χ1) is 8.35. The maximum absolute atomic E-state index is 11.0. The molecule has 102 valence electrons. The predicted octanol–water partition coefficient (Wildman–Crippen LogP) is 6.37. The smallest absolute Gasteiger partial charge is 0.158 e. The normalized spacial score (nSPS) is 13.1. The molecule has 0 bridgehead atoms. The lowest BCUT2D eigenvalue weighted by atomic mass is 10.0. The van der Waals surface area contributed by atoms with Crippen molar-refractivity contribution < 1.29 is 4.57 Å². The van der Waals surface area contributed by atoms with Gasteiger partial charge in [0.1, 0.15) is 0 Å². The summed E-state index contributed by atoms with van der Waals surface area (Å²) >= 11 is 0. The van der Waals surface area contributed by atoms with Crippen LogP contribution in [0.4, 0.5) is 0 Å². The van der Waals surface area contributed by atoms with Crippen molar-refractivity contribution in [1.29, 1.82) is 0 Å². The minimum Gasteiger partial charge on any atom is -0.275 e. The molecule has 1 nitrogen and oxygen atoms in total. The zero-order valence-corrected chi connectivity index (χ0v) is 12.8. The van der Waals surface area contributed by atoms with E-state index in [0.717, 1.165) is 0 Å². The second kappa shape index (κ2) is 14.2. The molecule has 0 saturated carbocycles. The second-order valence-electron chi connectivity index (χ2n) is 5.17. The third-order valence-corrected chi connectivity index (χ3v) is 4.25. The first-order valence-corrected chi connectivity index (χ1v) is 8.55. The van der Waals surface area contributed by atoms with E-state index in [9.17, 15) is 4.57 Å².